The quantitative estimate of drug-likeness (QED) is 0.441. The molecule has 6 heteroatoms. The number of hydrogen-bond donors (Lipinski definition) is 1. The van der Waals surface area contributed by atoms with E-state index in [1.54, 1.807) is 24.9 Å². The second kappa shape index (κ2) is 6.46. The molecule has 0 amide bonds. The van der Waals surface area contributed by atoms with Crippen molar-refractivity contribution in [2.75, 3.05) is 6.26 Å². The molecule has 0 atom stereocenters. The molecule has 5 nitrogen and oxygen atoms in total. The first-order valence-corrected chi connectivity index (χ1v) is 9.49. The summed E-state index contributed by atoms with van der Waals surface area (Å²) in [4.78, 5) is 21.9. The van der Waals surface area contributed by atoms with E-state index < -0.39 is 0 Å². The van der Waals surface area contributed by atoms with E-state index in [-0.39, 0.29) is 5.56 Å². The van der Waals surface area contributed by atoms with Gasteiger partial charge in [-0.1, -0.05) is 23.8 Å². The summed E-state index contributed by atoms with van der Waals surface area (Å²) in [7, 11) is 0. The fourth-order valence-electron chi connectivity index (χ4n) is 2.97. The molecule has 0 aliphatic rings. The summed E-state index contributed by atoms with van der Waals surface area (Å²) in [6, 6.07) is 14.1. The van der Waals surface area contributed by atoms with Gasteiger partial charge in [0.05, 0.1) is 6.21 Å². The van der Waals surface area contributed by atoms with Gasteiger partial charge in [-0.2, -0.15) is 9.78 Å². The second-order valence-corrected chi connectivity index (χ2v) is 7.07. The maximum Gasteiger partial charge on any atom is 0.298 e. The smallest absolute Gasteiger partial charge is 0.298 e. The Morgan fingerprint density at radius 3 is 2.65 bits per heavy atom. The van der Waals surface area contributed by atoms with E-state index in [2.05, 4.69) is 15.1 Å². The van der Waals surface area contributed by atoms with Gasteiger partial charge in [0.1, 0.15) is 16.9 Å². The number of benzene rings is 2. The molecule has 0 saturated carbocycles. The standard InChI is InChI=1S/C20H18N4OS/c1-12-4-9-17-16(10-12)18-19(23-17)20(25)24(13(2)22-18)21-11-14-5-7-15(26-3)8-6-14/h4-11,23H,1-3H3. The zero-order valence-electron chi connectivity index (χ0n) is 14.8. The number of hydrogen-bond acceptors (Lipinski definition) is 4. The van der Waals surface area contributed by atoms with Gasteiger partial charge in [0.15, 0.2) is 0 Å². The van der Waals surface area contributed by atoms with Crippen LogP contribution in [0.15, 0.2) is 57.3 Å². The first-order valence-electron chi connectivity index (χ1n) is 8.27. The molecule has 130 valence electrons. The van der Waals surface area contributed by atoms with Crippen molar-refractivity contribution in [1.29, 1.82) is 0 Å². The van der Waals surface area contributed by atoms with E-state index in [1.807, 2.05) is 55.6 Å². The summed E-state index contributed by atoms with van der Waals surface area (Å²) >= 11 is 1.69. The van der Waals surface area contributed by atoms with Crippen LogP contribution in [-0.2, 0) is 0 Å². The lowest BCUT2D eigenvalue weighted by Crippen LogP contribution is -2.20. The van der Waals surface area contributed by atoms with Crippen LogP contribution in [0.4, 0.5) is 0 Å². The van der Waals surface area contributed by atoms with Crippen LogP contribution in [0.25, 0.3) is 21.9 Å². The average Bonchev–Trinajstić information content (AvgIpc) is 3.00. The van der Waals surface area contributed by atoms with E-state index in [1.165, 1.54) is 9.57 Å². The van der Waals surface area contributed by atoms with Gasteiger partial charge in [0.2, 0.25) is 0 Å². The van der Waals surface area contributed by atoms with Crippen molar-refractivity contribution in [3.8, 4) is 0 Å². The van der Waals surface area contributed by atoms with Crippen molar-refractivity contribution in [2.45, 2.75) is 18.7 Å². The molecule has 0 saturated heterocycles. The number of fused-ring (bicyclic) bond motifs is 3. The Labute approximate surface area is 154 Å². The normalized spacial score (nSPS) is 11.8. The number of nitrogens with zero attached hydrogens (tertiary/aromatic N) is 3. The molecule has 0 unspecified atom stereocenters. The van der Waals surface area contributed by atoms with Crippen LogP contribution < -0.4 is 5.56 Å². The molecule has 0 bridgehead atoms. The Balaban J connectivity index is 1.83. The molecule has 0 aliphatic heterocycles. The minimum atomic E-state index is -0.196. The van der Waals surface area contributed by atoms with Gasteiger partial charge in [-0.05, 0) is 49.9 Å². The summed E-state index contributed by atoms with van der Waals surface area (Å²) in [6.45, 7) is 3.82. The van der Waals surface area contributed by atoms with E-state index in [4.69, 9.17) is 0 Å². The minimum Gasteiger partial charge on any atom is -0.349 e. The highest BCUT2D eigenvalue weighted by atomic mass is 32.2. The van der Waals surface area contributed by atoms with Gasteiger partial charge in [0.25, 0.3) is 5.56 Å². The molecule has 0 radical (unpaired) electrons. The molecule has 1 N–H and O–H groups in total. The van der Waals surface area contributed by atoms with Gasteiger partial charge < -0.3 is 4.98 Å². The lowest BCUT2D eigenvalue weighted by molar-refractivity contribution is 0.769. The predicted octanol–water partition coefficient (Wildman–Crippen LogP) is 4.10. The third kappa shape index (κ3) is 2.82. The zero-order valence-corrected chi connectivity index (χ0v) is 15.6. The molecule has 26 heavy (non-hydrogen) atoms. The average molecular weight is 362 g/mol. The fraction of sp³-hybridized carbons (Fsp3) is 0.150. The highest BCUT2D eigenvalue weighted by molar-refractivity contribution is 7.98. The first kappa shape index (κ1) is 16.6. The van der Waals surface area contributed by atoms with Crippen LogP contribution in [0.3, 0.4) is 0 Å². The third-order valence-electron chi connectivity index (χ3n) is 4.35. The van der Waals surface area contributed by atoms with Gasteiger partial charge >= 0.3 is 0 Å². The summed E-state index contributed by atoms with van der Waals surface area (Å²) in [6.07, 6.45) is 3.72. The number of rotatable bonds is 3. The molecule has 2 aromatic carbocycles. The number of nitrogens with one attached hydrogen (secondary N) is 1. The summed E-state index contributed by atoms with van der Waals surface area (Å²) in [5.41, 5.74) is 3.95. The van der Waals surface area contributed by atoms with E-state index in [0.29, 0.717) is 16.9 Å². The largest absolute Gasteiger partial charge is 0.349 e. The molecular formula is C20H18N4OS. The Morgan fingerprint density at radius 2 is 1.92 bits per heavy atom. The number of H-pyrrole nitrogens is 1. The van der Waals surface area contributed by atoms with Crippen LogP contribution in [0.1, 0.15) is 17.0 Å². The molecule has 4 aromatic rings. The summed E-state index contributed by atoms with van der Waals surface area (Å²) in [5.74, 6) is 0.557. The number of aryl methyl sites for hydroxylation is 2. The van der Waals surface area contributed by atoms with Crippen LogP contribution in [0.5, 0.6) is 0 Å². The van der Waals surface area contributed by atoms with E-state index >= 15 is 0 Å². The predicted molar refractivity (Wildman–Crippen MR) is 109 cm³/mol. The molecular weight excluding hydrogens is 344 g/mol. The SMILES string of the molecule is CSc1ccc(C=Nn2c(C)nc3c([nH]c4ccc(C)cc43)c2=O)cc1. The third-order valence-corrected chi connectivity index (χ3v) is 5.09. The minimum absolute atomic E-state index is 0.196. The Hall–Kier alpha value is -2.86. The zero-order chi connectivity index (χ0) is 18.3. The van der Waals surface area contributed by atoms with Crippen molar-refractivity contribution in [3.63, 3.8) is 0 Å². The Bertz CT molecular complexity index is 1200. The highest BCUT2D eigenvalue weighted by Gasteiger charge is 2.13. The Kier molecular flexibility index (Phi) is 4.12. The van der Waals surface area contributed by atoms with Crippen molar-refractivity contribution in [2.24, 2.45) is 5.10 Å². The summed E-state index contributed by atoms with van der Waals surface area (Å²) < 4.78 is 1.34. The first-order chi connectivity index (χ1) is 12.6. The van der Waals surface area contributed by atoms with Crippen LogP contribution in [0, 0.1) is 13.8 Å². The van der Waals surface area contributed by atoms with Crippen LogP contribution >= 0.6 is 11.8 Å². The fourth-order valence-corrected chi connectivity index (χ4v) is 3.38. The monoisotopic (exact) mass is 362 g/mol. The molecule has 2 aromatic heterocycles. The van der Waals surface area contributed by atoms with E-state index in [9.17, 15) is 4.79 Å². The maximum atomic E-state index is 12.9. The Morgan fingerprint density at radius 1 is 1.15 bits per heavy atom. The number of thioether (sulfide) groups is 1. The number of aromatic nitrogens is 3. The molecule has 0 spiro atoms. The summed E-state index contributed by atoms with van der Waals surface area (Å²) in [5, 5.41) is 5.32. The molecule has 2 heterocycles. The lowest BCUT2D eigenvalue weighted by atomic mass is 10.2. The van der Waals surface area contributed by atoms with E-state index in [0.717, 1.165) is 22.0 Å². The second-order valence-electron chi connectivity index (χ2n) is 6.19. The van der Waals surface area contributed by atoms with Crippen molar-refractivity contribution < 1.29 is 0 Å². The lowest BCUT2D eigenvalue weighted by Gasteiger charge is -2.03. The molecule has 4 rings (SSSR count). The van der Waals surface area contributed by atoms with Crippen LogP contribution in [0.2, 0.25) is 0 Å². The topological polar surface area (TPSA) is 63.0 Å². The highest BCUT2D eigenvalue weighted by Crippen LogP contribution is 2.23. The van der Waals surface area contributed by atoms with Crippen molar-refractivity contribution >= 4 is 39.9 Å². The number of aromatic amines is 1. The van der Waals surface area contributed by atoms with Gasteiger partial charge in [-0.25, -0.2) is 4.98 Å². The maximum absolute atomic E-state index is 12.9. The van der Waals surface area contributed by atoms with Crippen molar-refractivity contribution in [3.05, 3.63) is 69.8 Å². The van der Waals surface area contributed by atoms with Gasteiger partial charge in [-0.3, -0.25) is 4.79 Å². The van der Waals surface area contributed by atoms with Crippen molar-refractivity contribution in [1.82, 2.24) is 14.6 Å². The molecule has 0 fully saturated rings. The molecule has 0 aliphatic carbocycles. The van der Waals surface area contributed by atoms with Gasteiger partial charge in [0, 0.05) is 15.8 Å². The van der Waals surface area contributed by atoms with Crippen LogP contribution in [-0.4, -0.2) is 27.1 Å². The van der Waals surface area contributed by atoms with Gasteiger partial charge in [-0.15, -0.1) is 11.8 Å².